The van der Waals surface area contributed by atoms with Crippen LogP contribution in [0.25, 0.3) is 154 Å². The predicted molar refractivity (Wildman–Crippen MR) is 320 cm³/mol. The first kappa shape index (κ1) is 41.3. The number of benzene rings is 12. The van der Waals surface area contributed by atoms with Crippen LogP contribution in [0.5, 0.6) is 0 Å². The van der Waals surface area contributed by atoms with Crippen molar-refractivity contribution < 1.29 is 0 Å². The van der Waals surface area contributed by atoms with Gasteiger partial charge >= 0.3 is 0 Å². The lowest BCUT2D eigenvalue weighted by molar-refractivity contribution is 1.02. The van der Waals surface area contributed by atoms with E-state index in [0.29, 0.717) is 0 Å². The fourth-order valence-corrected chi connectivity index (χ4v) is 12.9. The molecule has 5 aromatic heterocycles. The van der Waals surface area contributed by atoms with Crippen LogP contribution in [-0.4, -0.2) is 23.3 Å². The van der Waals surface area contributed by atoms with Gasteiger partial charge in [-0.2, -0.15) is 0 Å². The summed E-state index contributed by atoms with van der Waals surface area (Å²) in [6.45, 7) is 0. The third-order valence-corrected chi connectivity index (χ3v) is 16.3. The van der Waals surface area contributed by atoms with Crippen molar-refractivity contribution in [3.05, 3.63) is 261 Å². The summed E-state index contributed by atoms with van der Waals surface area (Å²) < 4.78 is 9.75. The van der Waals surface area contributed by atoms with Crippen molar-refractivity contribution >= 4 is 120 Å². The maximum atomic E-state index is 5.88. The second-order valence-electron chi connectivity index (χ2n) is 20.3. The van der Waals surface area contributed by atoms with Crippen molar-refractivity contribution in [1.82, 2.24) is 23.3 Å². The predicted octanol–water partition coefficient (Wildman–Crippen LogP) is 18.6. The third kappa shape index (κ3) is 5.82. The van der Waals surface area contributed by atoms with E-state index in [1.54, 1.807) is 0 Å². The SMILES string of the molecule is c1ccc2cc(-c3cc(-n4c5ccccc5c5cc6c(cc54)c4ccccc4n6-c4cccc5ccccc45)nc(-n4c5ccccc5c5cc6c(cc54)c4ccccc4n6-c4cccc5ccccc45)c3)ccc2c1. The summed E-state index contributed by atoms with van der Waals surface area (Å²) in [5.41, 5.74) is 13.7. The zero-order valence-corrected chi connectivity index (χ0v) is 41.1. The Labute approximate surface area is 435 Å². The molecule has 5 heteroatoms. The maximum Gasteiger partial charge on any atom is 0.140 e. The highest BCUT2D eigenvalue weighted by Gasteiger charge is 2.24. The van der Waals surface area contributed by atoms with E-state index in [1.165, 1.54) is 109 Å². The molecule has 352 valence electrons. The summed E-state index contributed by atoms with van der Waals surface area (Å²) in [5, 5.41) is 16.8. The topological polar surface area (TPSA) is 32.6 Å². The second-order valence-corrected chi connectivity index (χ2v) is 20.3. The normalized spacial score (nSPS) is 12.2. The number of rotatable bonds is 5. The molecule has 0 fully saturated rings. The molecule has 0 radical (unpaired) electrons. The van der Waals surface area contributed by atoms with Crippen LogP contribution in [0.2, 0.25) is 0 Å². The molecule has 0 aliphatic carbocycles. The first-order valence-electron chi connectivity index (χ1n) is 26.1. The molecule has 5 nitrogen and oxygen atoms in total. The van der Waals surface area contributed by atoms with Gasteiger partial charge in [-0.25, -0.2) is 4.98 Å². The van der Waals surface area contributed by atoms with Gasteiger partial charge in [-0.05, 0) is 112 Å². The van der Waals surface area contributed by atoms with Crippen LogP contribution in [0, 0.1) is 0 Å². The fourth-order valence-electron chi connectivity index (χ4n) is 12.9. The monoisotopic (exact) mass is 965 g/mol. The van der Waals surface area contributed by atoms with E-state index >= 15 is 0 Å². The number of aromatic nitrogens is 5. The van der Waals surface area contributed by atoms with Gasteiger partial charge < -0.3 is 9.13 Å². The van der Waals surface area contributed by atoms with Gasteiger partial charge in [-0.3, -0.25) is 9.13 Å². The molecule has 0 saturated heterocycles. The zero-order valence-electron chi connectivity index (χ0n) is 41.1. The minimum absolute atomic E-state index is 0.851. The van der Waals surface area contributed by atoms with Crippen molar-refractivity contribution in [3.8, 4) is 34.1 Å². The Morgan fingerprint density at radius 3 is 0.987 bits per heavy atom. The van der Waals surface area contributed by atoms with Crippen LogP contribution in [-0.2, 0) is 0 Å². The average molecular weight is 966 g/mol. The minimum atomic E-state index is 0.851. The summed E-state index contributed by atoms with van der Waals surface area (Å²) in [4.78, 5) is 5.88. The Bertz CT molecular complexity index is 5010. The highest BCUT2D eigenvalue weighted by molar-refractivity contribution is 6.21. The van der Waals surface area contributed by atoms with Crippen LogP contribution in [0.4, 0.5) is 0 Å². The van der Waals surface area contributed by atoms with E-state index in [-0.39, 0.29) is 0 Å². The fraction of sp³-hybridized carbons (Fsp3) is 0. The molecule has 0 saturated carbocycles. The number of hydrogen-bond acceptors (Lipinski definition) is 1. The molecule has 17 aromatic rings. The molecule has 0 spiro atoms. The Morgan fingerprint density at radius 1 is 0.197 bits per heavy atom. The van der Waals surface area contributed by atoms with Crippen molar-refractivity contribution in [2.75, 3.05) is 0 Å². The van der Waals surface area contributed by atoms with E-state index in [1.807, 2.05) is 0 Å². The van der Waals surface area contributed by atoms with Crippen molar-refractivity contribution in [1.29, 1.82) is 0 Å². The van der Waals surface area contributed by atoms with E-state index in [9.17, 15) is 0 Å². The highest BCUT2D eigenvalue weighted by atomic mass is 15.1. The molecule has 0 unspecified atom stereocenters. The van der Waals surface area contributed by atoms with Crippen molar-refractivity contribution in [2.45, 2.75) is 0 Å². The lowest BCUT2D eigenvalue weighted by Crippen LogP contribution is -2.04. The van der Waals surface area contributed by atoms with Gasteiger partial charge in [0.25, 0.3) is 0 Å². The molecular formula is C71H43N5. The standard InChI is InChI=1S/C71H43N5/c1-2-20-47-37-48(36-35-44(47)17-1)49-38-70(75-64-31-13-9-27-54(64)58-40-66-56(42-68(58)75)52-25-7-11-29-62(52)73(66)60-33-15-21-45-18-3-5-23-50(45)60)72-71(39-49)76-65-32-14-10-28-55(65)59-41-67-57(43-69(59)76)53-26-8-12-30-63(53)74(67)61-34-16-22-46-19-4-6-24-51(46)61/h1-43H. The largest absolute Gasteiger partial charge is 0.309 e. The molecule has 0 aliphatic rings. The van der Waals surface area contributed by atoms with Crippen LogP contribution in [0.3, 0.4) is 0 Å². The highest BCUT2D eigenvalue weighted by Crippen LogP contribution is 2.44. The number of para-hydroxylation sites is 4. The Morgan fingerprint density at radius 2 is 0.539 bits per heavy atom. The lowest BCUT2D eigenvalue weighted by Gasteiger charge is -2.15. The molecular weight excluding hydrogens is 923 g/mol. The molecule has 0 atom stereocenters. The van der Waals surface area contributed by atoms with Gasteiger partial charge in [0.1, 0.15) is 11.6 Å². The molecule has 0 N–H and O–H groups in total. The van der Waals surface area contributed by atoms with Gasteiger partial charge in [-0.15, -0.1) is 0 Å². The summed E-state index contributed by atoms with van der Waals surface area (Å²) in [5.74, 6) is 1.70. The van der Waals surface area contributed by atoms with Crippen molar-refractivity contribution in [2.24, 2.45) is 0 Å². The van der Waals surface area contributed by atoms with Crippen LogP contribution in [0.1, 0.15) is 0 Å². The van der Waals surface area contributed by atoms with Crippen LogP contribution in [0.15, 0.2) is 261 Å². The van der Waals surface area contributed by atoms with Gasteiger partial charge in [0.2, 0.25) is 0 Å². The van der Waals surface area contributed by atoms with E-state index in [4.69, 9.17) is 4.98 Å². The molecule has 0 bridgehead atoms. The first-order valence-corrected chi connectivity index (χ1v) is 26.1. The smallest absolute Gasteiger partial charge is 0.140 e. The van der Waals surface area contributed by atoms with E-state index in [0.717, 1.165) is 44.8 Å². The molecule has 76 heavy (non-hydrogen) atoms. The Balaban J connectivity index is 0.969. The number of pyridine rings is 1. The van der Waals surface area contributed by atoms with Gasteiger partial charge in [0.05, 0.1) is 55.5 Å². The van der Waals surface area contributed by atoms with E-state index in [2.05, 4.69) is 279 Å². The average Bonchev–Trinajstić information content (AvgIpc) is 4.39. The third-order valence-electron chi connectivity index (χ3n) is 16.3. The summed E-state index contributed by atoms with van der Waals surface area (Å²) in [6.07, 6.45) is 0. The number of hydrogen-bond donors (Lipinski definition) is 0. The van der Waals surface area contributed by atoms with Crippen LogP contribution >= 0.6 is 0 Å². The molecule has 0 aliphatic heterocycles. The Kier molecular flexibility index (Phi) is 8.49. The van der Waals surface area contributed by atoms with E-state index < -0.39 is 0 Å². The number of nitrogens with zero attached hydrogens (tertiary/aromatic N) is 5. The van der Waals surface area contributed by atoms with Gasteiger partial charge in [0.15, 0.2) is 0 Å². The minimum Gasteiger partial charge on any atom is -0.309 e. The molecule has 12 aromatic carbocycles. The van der Waals surface area contributed by atoms with Gasteiger partial charge in [-0.1, -0.05) is 182 Å². The van der Waals surface area contributed by atoms with Crippen LogP contribution < -0.4 is 0 Å². The molecule has 0 amide bonds. The summed E-state index contributed by atoms with van der Waals surface area (Å²) in [6, 6.07) is 95.9. The van der Waals surface area contributed by atoms with Gasteiger partial charge in [0, 0.05) is 53.9 Å². The first-order chi connectivity index (χ1) is 37.7. The number of fused-ring (bicyclic) bond motifs is 15. The quantitative estimate of drug-likeness (QED) is 0.169. The molecule has 17 rings (SSSR count). The zero-order chi connectivity index (χ0) is 49.6. The lowest BCUT2D eigenvalue weighted by atomic mass is 10.0. The molecule has 5 heterocycles. The summed E-state index contributed by atoms with van der Waals surface area (Å²) in [7, 11) is 0. The second kappa shape index (κ2) is 15.6. The summed E-state index contributed by atoms with van der Waals surface area (Å²) >= 11 is 0. The Hall–Kier alpha value is -10.2. The van der Waals surface area contributed by atoms with Crippen molar-refractivity contribution in [3.63, 3.8) is 0 Å². The maximum absolute atomic E-state index is 5.88.